The van der Waals surface area contributed by atoms with Crippen molar-refractivity contribution in [2.45, 2.75) is 276 Å². The molecule has 3 unspecified atom stereocenters. The van der Waals surface area contributed by atoms with E-state index in [9.17, 15) is 19.4 Å². The Bertz CT molecular complexity index is 1080. The molecule has 0 spiro atoms. The Balaban J connectivity index is 4.07. The largest absolute Gasteiger partial charge is 0.756 e. The fourth-order valence-electron chi connectivity index (χ4n) is 8.11. The van der Waals surface area contributed by atoms with E-state index in [4.69, 9.17) is 9.05 Å². The zero-order valence-corrected chi connectivity index (χ0v) is 43.4. The number of carbonyl (C=O) groups is 1. The van der Waals surface area contributed by atoms with Gasteiger partial charge in [-0.2, -0.15) is 0 Å². The molecule has 0 aromatic carbocycles. The maximum atomic E-state index is 12.8. The van der Waals surface area contributed by atoms with Gasteiger partial charge in [0.25, 0.3) is 7.82 Å². The molecule has 0 heterocycles. The number of phosphoric ester groups is 1. The molecule has 2 N–H and O–H groups in total. The molecule has 0 aromatic rings. The Morgan fingerprint density at radius 2 is 0.889 bits per heavy atom. The molecule has 63 heavy (non-hydrogen) atoms. The number of aliphatic hydroxyl groups excluding tert-OH is 1. The lowest BCUT2D eigenvalue weighted by atomic mass is 10.0. The zero-order chi connectivity index (χ0) is 46.4. The second-order valence-electron chi connectivity index (χ2n) is 19.9. The number of quaternary nitrogens is 1. The van der Waals surface area contributed by atoms with Crippen LogP contribution in [0.5, 0.6) is 0 Å². The van der Waals surface area contributed by atoms with Crippen molar-refractivity contribution >= 4 is 13.7 Å². The van der Waals surface area contributed by atoms with E-state index in [1.807, 2.05) is 27.2 Å². The summed E-state index contributed by atoms with van der Waals surface area (Å²) in [6, 6.07) is -0.898. The van der Waals surface area contributed by atoms with Crippen molar-refractivity contribution in [3.8, 4) is 0 Å². The number of likely N-dealkylation sites (N-methyl/N-ethyl adjacent to an activating group) is 1. The summed E-state index contributed by atoms with van der Waals surface area (Å²) in [6.07, 6.45) is 57.1. The molecule has 8 nitrogen and oxygen atoms in total. The molecule has 0 aliphatic rings. The third kappa shape index (κ3) is 48.7. The first-order valence-electron chi connectivity index (χ1n) is 27.2. The number of unbranched alkanes of at least 4 members (excludes halogenated alkanes) is 35. The van der Waals surface area contributed by atoms with Crippen molar-refractivity contribution in [2.75, 3.05) is 40.9 Å². The van der Waals surface area contributed by atoms with E-state index in [0.717, 1.165) is 38.5 Å². The first-order chi connectivity index (χ1) is 30.5. The van der Waals surface area contributed by atoms with Crippen molar-refractivity contribution in [1.82, 2.24) is 5.32 Å². The summed E-state index contributed by atoms with van der Waals surface area (Å²) in [4.78, 5) is 25.3. The molecule has 0 aliphatic carbocycles. The van der Waals surface area contributed by atoms with Crippen LogP contribution in [0.2, 0.25) is 0 Å². The number of phosphoric acid groups is 1. The van der Waals surface area contributed by atoms with Crippen LogP contribution in [0.1, 0.15) is 264 Å². The lowest BCUT2D eigenvalue weighted by Gasteiger charge is -2.29. The van der Waals surface area contributed by atoms with Gasteiger partial charge in [0, 0.05) is 6.42 Å². The summed E-state index contributed by atoms with van der Waals surface area (Å²) in [6.45, 7) is 4.63. The van der Waals surface area contributed by atoms with Crippen LogP contribution in [0.4, 0.5) is 0 Å². The van der Waals surface area contributed by atoms with Crippen LogP contribution >= 0.6 is 7.82 Å². The predicted octanol–water partition coefficient (Wildman–Crippen LogP) is 15.4. The third-order valence-corrected chi connectivity index (χ3v) is 13.4. The van der Waals surface area contributed by atoms with Gasteiger partial charge < -0.3 is 28.8 Å². The maximum absolute atomic E-state index is 12.8. The fourth-order valence-corrected chi connectivity index (χ4v) is 8.84. The highest BCUT2D eigenvalue weighted by Gasteiger charge is 2.23. The molecular formula is C54H107N2O6P. The summed E-state index contributed by atoms with van der Waals surface area (Å²) in [5.74, 6) is -0.207. The lowest BCUT2D eigenvalue weighted by Crippen LogP contribution is -2.45. The number of aliphatic hydroxyl groups is 1. The highest BCUT2D eigenvalue weighted by molar-refractivity contribution is 7.45. The fraction of sp³-hybridized carbons (Fsp3) is 0.907. The van der Waals surface area contributed by atoms with Gasteiger partial charge in [-0.3, -0.25) is 9.36 Å². The molecule has 0 bridgehead atoms. The summed E-state index contributed by atoms with van der Waals surface area (Å²) in [5, 5.41) is 13.8. The average molecular weight is 911 g/mol. The van der Waals surface area contributed by atoms with Gasteiger partial charge in [0.15, 0.2) is 0 Å². The first-order valence-corrected chi connectivity index (χ1v) is 28.7. The third-order valence-electron chi connectivity index (χ3n) is 12.4. The van der Waals surface area contributed by atoms with Crippen molar-refractivity contribution < 1.29 is 32.9 Å². The van der Waals surface area contributed by atoms with E-state index in [1.165, 1.54) is 205 Å². The smallest absolute Gasteiger partial charge is 0.268 e. The monoisotopic (exact) mass is 911 g/mol. The molecule has 1 amide bonds. The topological polar surface area (TPSA) is 108 Å². The van der Waals surface area contributed by atoms with Crippen molar-refractivity contribution in [3.63, 3.8) is 0 Å². The number of carbonyl (C=O) groups excluding carboxylic acids is 1. The quantitative estimate of drug-likeness (QED) is 0.0272. The van der Waals surface area contributed by atoms with E-state index in [2.05, 4.69) is 31.3 Å². The average Bonchev–Trinajstić information content (AvgIpc) is 3.24. The van der Waals surface area contributed by atoms with Gasteiger partial charge in [-0.1, -0.05) is 250 Å². The molecule has 0 radical (unpaired) electrons. The molecule has 374 valence electrons. The highest BCUT2D eigenvalue weighted by Crippen LogP contribution is 2.38. The van der Waals surface area contributed by atoms with E-state index in [1.54, 1.807) is 6.08 Å². The summed E-state index contributed by atoms with van der Waals surface area (Å²) in [5.41, 5.74) is 0. The Kier molecular flexibility index (Phi) is 45.4. The van der Waals surface area contributed by atoms with Crippen LogP contribution in [-0.2, 0) is 18.4 Å². The minimum Gasteiger partial charge on any atom is -0.756 e. The van der Waals surface area contributed by atoms with E-state index in [0.29, 0.717) is 17.4 Å². The number of rotatable bonds is 50. The minimum atomic E-state index is -4.59. The van der Waals surface area contributed by atoms with Crippen LogP contribution in [0.25, 0.3) is 0 Å². The molecule has 9 heteroatoms. The summed E-state index contributed by atoms with van der Waals surface area (Å²) in [7, 11) is 1.25. The van der Waals surface area contributed by atoms with E-state index >= 15 is 0 Å². The highest BCUT2D eigenvalue weighted by atomic mass is 31.2. The molecule has 0 saturated heterocycles. The van der Waals surface area contributed by atoms with Gasteiger partial charge in [-0.15, -0.1) is 0 Å². The molecule has 0 rings (SSSR count). The number of hydrogen-bond acceptors (Lipinski definition) is 6. The molecule has 3 atom stereocenters. The molecular weight excluding hydrogens is 804 g/mol. The Labute approximate surface area is 392 Å². The zero-order valence-electron chi connectivity index (χ0n) is 42.5. The SMILES string of the molecule is CCCCCCCCCCCCCCCCCCCCCCCCCCC/C=C/CC/C=C/C(O)C(COP(=O)([O-])OCC[N+](C)(C)C)NC(=O)CCCCCCCCCCCC. The van der Waals surface area contributed by atoms with Gasteiger partial charge in [0.05, 0.1) is 39.9 Å². The maximum Gasteiger partial charge on any atom is 0.268 e. The number of hydrogen-bond donors (Lipinski definition) is 2. The number of nitrogens with zero attached hydrogens (tertiary/aromatic N) is 1. The first kappa shape index (κ1) is 62.0. The normalized spacial score (nSPS) is 14.2. The molecule has 0 aromatic heterocycles. The summed E-state index contributed by atoms with van der Waals surface area (Å²) < 4.78 is 23.2. The lowest BCUT2D eigenvalue weighted by molar-refractivity contribution is -0.870. The van der Waals surface area contributed by atoms with Crippen molar-refractivity contribution in [3.05, 3.63) is 24.3 Å². The van der Waals surface area contributed by atoms with Gasteiger partial charge in [0.1, 0.15) is 13.2 Å². The van der Waals surface area contributed by atoms with Crippen LogP contribution in [-0.4, -0.2) is 68.5 Å². The second kappa shape index (κ2) is 46.1. The van der Waals surface area contributed by atoms with E-state index in [-0.39, 0.29) is 19.1 Å². The Morgan fingerprint density at radius 1 is 0.540 bits per heavy atom. The van der Waals surface area contributed by atoms with Gasteiger partial charge in [0.2, 0.25) is 5.91 Å². The number of nitrogens with one attached hydrogen (secondary N) is 1. The van der Waals surface area contributed by atoms with Crippen LogP contribution in [0.15, 0.2) is 24.3 Å². The Hall–Kier alpha value is -1.02. The van der Waals surface area contributed by atoms with Gasteiger partial charge in [-0.25, -0.2) is 0 Å². The van der Waals surface area contributed by atoms with Crippen molar-refractivity contribution in [1.29, 1.82) is 0 Å². The number of allylic oxidation sites excluding steroid dienone is 3. The molecule has 0 fully saturated rings. The summed E-state index contributed by atoms with van der Waals surface area (Å²) >= 11 is 0. The van der Waals surface area contributed by atoms with Crippen LogP contribution in [0.3, 0.4) is 0 Å². The Morgan fingerprint density at radius 3 is 1.29 bits per heavy atom. The van der Waals surface area contributed by atoms with Crippen molar-refractivity contribution in [2.24, 2.45) is 0 Å². The van der Waals surface area contributed by atoms with E-state index < -0.39 is 20.0 Å². The predicted molar refractivity (Wildman–Crippen MR) is 270 cm³/mol. The van der Waals surface area contributed by atoms with Crippen LogP contribution in [0, 0.1) is 0 Å². The number of amides is 1. The van der Waals surface area contributed by atoms with Gasteiger partial charge in [-0.05, 0) is 32.1 Å². The second-order valence-corrected chi connectivity index (χ2v) is 21.3. The molecule has 0 saturated carbocycles. The van der Waals surface area contributed by atoms with Crippen LogP contribution < -0.4 is 10.2 Å². The van der Waals surface area contributed by atoms with Gasteiger partial charge >= 0.3 is 0 Å². The molecule has 0 aliphatic heterocycles. The minimum absolute atomic E-state index is 0.00426. The standard InChI is InChI=1S/C54H107N2O6P/c1-6-8-10-12-14-16-18-19-20-21-22-23-24-25-26-27-28-29-30-31-32-33-34-35-36-37-38-39-41-43-45-47-53(57)52(51-62-63(59,60)61-50-49-56(3,4)5)55-54(58)48-46-44-42-40-17-15-13-11-9-7-2/h38-39,45,47,52-53,57H,6-37,40-44,46,48-51H2,1-5H3,(H-,55,58,59,60)/b39-38+,47-45+.